The maximum absolute atomic E-state index is 13.2. The largest absolute Gasteiger partial charge is 0.454 e. The molecule has 4 nitrogen and oxygen atoms in total. The normalized spacial score (nSPS) is 12.6. The highest BCUT2D eigenvalue weighted by Crippen LogP contribution is 2.37. The summed E-state index contributed by atoms with van der Waals surface area (Å²) in [6.45, 7) is 8.24. The van der Waals surface area contributed by atoms with Crippen molar-refractivity contribution in [3.05, 3.63) is 53.1 Å². The highest BCUT2D eigenvalue weighted by atomic mass is 16.7. The predicted octanol–water partition coefficient (Wildman–Crippen LogP) is 4.09. The number of benzene rings is 2. The first kappa shape index (κ1) is 15.4. The summed E-state index contributed by atoms with van der Waals surface area (Å²) in [7, 11) is 0. The number of amides is 1. The molecule has 0 fully saturated rings. The predicted molar refractivity (Wildman–Crippen MR) is 90.4 cm³/mol. The van der Waals surface area contributed by atoms with Crippen LogP contribution in [0.25, 0.3) is 0 Å². The van der Waals surface area contributed by atoms with Crippen LogP contribution in [0.15, 0.2) is 36.4 Å². The van der Waals surface area contributed by atoms with Crippen LogP contribution < -0.4 is 14.4 Å². The number of anilines is 1. The molecule has 2 aromatic carbocycles. The molecule has 0 saturated carbocycles. The SMILES string of the molecule is Cc1ccc(C)c(N(C(=O)c2cccc3c2OCO3)C(C)C)c1. The second-order valence-corrected chi connectivity index (χ2v) is 6.10. The van der Waals surface area contributed by atoms with E-state index < -0.39 is 0 Å². The van der Waals surface area contributed by atoms with Gasteiger partial charge in [-0.15, -0.1) is 0 Å². The third kappa shape index (κ3) is 2.77. The van der Waals surface area contributed by atoms with E-state index in [1.165, 1.54) is 0 Å². The summed E-state index contributed by atoms with van der Waals surface area (Å²) in [4.78, 5) is 15.0. The van der Waals surface area contributed by atoms with Crippen LogP contribution in [-0.4, -0.2) is 18.7 Å². The maximum Gasteiger partial charge on any atom is 0.262 e. The number of carbonyl (C=O) groups excluding carboxylic acids is 1. The number of hydrogen-bond donors (Lipinski definition) is 0. The Balaban J connectivity index is 2.07. The topological polar surface area (TPSA) is 38.8 Å². The zero-order valence-electron chi connectivity index (χ0n) is 13.9. The van der Waals surface area contributed by atoms with Crippen molar-refractivity contribution < 1.29 is 14.3 Å². The Morgan fingerprint density at radius 2 is 1.91 bits per heavy atom. The van der Waals surface area contributed by atoms with Gasteiger partial charge in [0.25, 0.3) is 5.91 Å². The van der Waals surface area contributed by atoms with Crippen LogP contribution in [0.5, 0.6) is 11.5 Å². The Morgan fingerprint density at radius 1 is 1.13 bits per heavy atom. The Labute approximate surface area is 136 Å². The molecule has 0 atom stereocenters. The summed E-state index contributed by atoms with van der Waals surface area (Å²) in [6.07, 6.45) is 0. The number of ether oxygens (including phenoxy) is 2. The Hall–Kier alpha value is -2.49. The van der Waals surface area contributed by atoms with E-state index in [9.17, 15) is 4.79 Å². The van der Waals surface area contributed by atoms with Crippen LogP contribution >= 0.6 is 0 Å². The van der Waals surface area contributed by atoms with E-state index in [1.807, 2.05) is 56.9 Å². The standard InChI is InChI=1S/C19H21NO3/c1-12(2)20(16-10-13(3)8-9-14(16)4)19(21)15-6-5-7-17-18(15)23-11-22-17/h5-10,12H,11H2,1-4H3. The van der Waals surface area contributed by atoms with Gasteiger partial charge in [-0.1, -0.05) is 18.2 Å². The molecule has 0 unspecified atom stereocenters. The Kier molecular flexibility index (Phi) is 3.99. The molecule has 1 aliphatic heterocycles. The molecule has 23 heavy (non-hydrogen) atoms. The molecule has 0 N–H and O–H groups in total. The van der Waals surface area contributed by atoms with Gasteiger partial charge in [0.15, 0.2) is 11.5 Å². The van der Waals surface area contributed by atoms with Gasteiger partial charge in [-0.25, -0.2) is 0 Å². The first-order chi connectivity index (χ1) is 11.0. The van der Waals surface area contributed by atoms with E-state index in [-0.39, 0.29) is 18.7 Å². The first-order valence-electron chi connectivity index (χ1n) is 7.78. The minimum atomic E-state index is -0.0731. The summed E-state index contributed by atoms with van der Waals surface area (Å²) < 4.78 is 10.9. The van der Waals surface area contributed by atoms with Crippen molar-refractivity contribution >= 4 is 11.6 Å². The van der Waals surface area contributed by atoms with Gasteiger partial charge in [0, 0.05) is 11.7 Å². The molecule has 3 rings (SSSR count). The van der Waals surface area contributed by atoms with Crippen molar-refractivity contribution in [2.24, 2.45) is 0 Å². The zero-order valence-corrected chi connectivity index (χ0v) is 13.9. The van der Waals surface area contributed by atoms with Crippen molar-refractivity contribution in [1.82, 2.24) is 0 Å². The quantitative estimate of drug-likeness (QED) is 0.857. The van der Waals surface area contributed by atoms with E-state index in [4.69, 9.17) is 9.47 Å². The highest BCUT2D eigenvalue weighted by Gasteiger charge is 2.28. The van der Waals surface area contributed by atoms with E-state index >= 15 is 0 Å². The molecule has 1 amide bonds. The molecular weight excluding hydrogens is 290 g/mol. The van der Waals surface area contributed by atoms with Crippen molar-refractivity contribution in [2.45, 2.75) is 33.7 Å². The average molecular weight is 311 g/mol. The van der Waals surface area contributed by atoms with E-state index in [2.05, 4.69) is 6.07 Å². The van der Waals surface area contributed by atoms with Gasteiger partial charge >= 0.3 is 0 Å². The highest BCUT2D eigenvalue weighted by molar-refractivity contribution is 6.09. The smallest absolute Gasteiger partial charge is 0.262 e. The summed E-state index contributed by atoms with van der Waals surface area (Å²) in [5.41, 5.74) is 3.67. The third-order valence-electron chi connectivity index (χ3n) is 3.99. The fourth-order valence-corrected chi connectivity index (χ4v) is 2.83. The van der Waals surface area contributed by atoms with E-state index in [0.29, 0.717) is 17.1 Å². The van der Waals surface area contributed by atoms with Gasteiger partial charge in [0.2, 0.25) is 6.79 Å². The number of aryl methyl sites for hydroxylation is 2. The van der Waals surface area contributed by atoms with Crippen LogP contribution in [0.4, 0.5) is 5.69 Å². The Morgan fingerprint density at radius 3 is 2.65 bits per heavy atom. The molecule has 0 aromatic heterocycles. The van der Waals surface area contributed by atoms with Crippen LogP contribution in [0.2, 0.25) is 0 Å². The van der Waals surface area contributed by atoms with Gasteiger partial charge in [-0.05, 0) is 57.0 Å². The number of hydrogen-bond acceptors (Lipinski definition) is 3. The molecule has 1 heterocycles. The fourth-order valence-electron chi connectivity index (χ4n) is 2.83. The van der Waals surface area contributed by atoms with Gasteiger partial charge in [0.1, 0.15) is 0 Å². The van der Waals surface area contributed by atoms with Gasteiger partial charge in [-0.2, -0.15) is 0 Å². The average Bonchev–Trinajstić information content (AvgIpc) is 2.99. The lowest BCUT2D eigenvalue weighted by Crippen LogP contribution is -2.37. The van der Waals surface area contributed by atoms with Gasteiger partial charge in [-0.3, -0.25) is 4.79 Å². The third-order valence-corrected chi connectivity index (χ3v) is 3.99. The lowest BCUT2D eigenvalue weighted by molar-refractivity contribution is 0.0975. The van der Waals surface area contributed by atoms with Crippen LogP contribution in [-0.2, 0) is 0 Å². The Bertz CT molecular complexity index is 752. The van der Waals surface area contributed by atoms with Crippen LogP contribution in [0, 0.1) is 13.8 Å². The number of carbonyl (C=O) groups is 1. The molecule has 2 aromatic rings. The van der Waals surface area contributed by atoms with Crippen molar-refractivity contribution in [2.75, 3.05) is 11.7 Å². The second-order valence-electron chi connectivity index (χ2n) is 6.10. The van der Waals surface area contributed by atoms with Crippen molar-refractivity contribution in [3.63, 3.8) is 0 Å². The van der Waals surface area contributed by atoms with Gasteiger partial charge in [0.05, 0.1) is 5.56 Å². The van der Waals surface area contributed by atoms with Crippen LogP contribution in [0.3, 0.4) is 0 Å². The number of fused-ring (bicyclic) bond motifs is 1. The summed E-state index contributed by atoms with van der Waals surface area (Å²) in [5, 5.41) is 0. The summed E-state index contributed by atoms with van der Waals surface area (Å²) in [6, 6.07) is 11.6. The lowest BCUT2D eigenvalue weighted by atomic mass is 10.1. The number of para-hydroxylation sites is 1. The molecule has 0 radical (unpaired) electrons. The maximum atomic E-state index is 13.2. The summed E-state index contributed by atoms with van der Waals surface area (Å²) in [5.74, 6) is 1.09. The monoisotopic (exact) mass is 311 g/mol. The van der Waals surface area contributed by atoms with Crippen LogP contribution in [0.1, 0.15) is 35.3 Å². The van der Waals surface area contributed by atoms with Gasteiger partial charge < -0.3 is 14.4 Å². The molecule has 4 heteroatoms. The fraction of sp³-hybridized carbons (Fsp3) is 0.316. The van der Waals surface area contributed by atoms with E-state index in [1.54, 1.807) is 6.07 Å². The first-order valence-corrected chi connectivity index (χ1v) is 7.78. The minimum Gasteiger partial charge on any atom is -0.454 e. The molecular formula is C19H21NO3. The summed E-state index contributed by atoms with van der Waals surface area (Å²) >= 11 is 0. The van der Waals surface area contributed by atoms with E-state index in [0.717, 1.165) is 16.8 Å². The molecule has 0 aliphatic carbocycles. The lowest BCUT2D eigenvalue weighted by Gasteiger charge is -2.29. The molecule has 0 spiro atoms. The minimum absolute atomic E-state index is 0.0289. The number of nitrogens with zero attached hydrogens (tertiary/aromatic N) is 1. The van der Waals surface area contributed by atoms with Crippen molar-refractivity contribution in [3.8, 4) is 11.5 Å². The van der Waals surface area contributed by atoms with Crippen molar-refractivity contribution in [1.29, 1.82) is 0 Å². The molecule has 1 aliphatic rings. The second kappa shape index (κ2) is 5.95. The molecule has 0 saturated heterocycles. The zero-order chi connectivity index (χ0) is 16.6. The number of rotatable bonds is 3. The molecule has 120 valence electrons. The molecule has 0 bridgehead atoms.